The molecule has 33 heavy (non-hydrogen) atoms. The molecule has 2 heterocycles. The number of hydrogen-bond donors (Lipinski definition) is 1. The van der Waals surface area contributed by atoms with E-state index in [-0.39, 0.29) is 30.5 Å². The molecule has 0 aliphatic carbocycles. The highest BCUT2D eigenvalue weighted by Crippen LogP contribution is 2.30. The Hall–Kier alpha value is -3.78. The zero-order valence-corrected chi connectivity index (χ0v) is 19.5. The third-order valence-corrected chi connectivity index (χ3v) is 6.58. The van der Waals surface area contributed by atoms with Gasteiger partial charge in [-0.15, -0.1) is 11.3 Å². The van der Waals surface area contributed by atoms with Gasteiger partial charge in [-0.2, -0.15) is 0 Å². The van der Waals surface area contributed by atoms with Crippen LogP contribution in [0.15, 0.2) is 65.7 Å². The van der Waals surface area contributed by atoms with Crippen molar-refractivity contribution >= 4 is 39.1 Å². The molecule has 0 saturated carbocycles. The Bertz CT molecular complexity index is 1370. The smallest absolute Gasteiger partial charge is 0.271 e. The molecule has 2 aromatic carbocycles. The van der Waals surface area contributed by atoms with Crippen LogP contribution < -0.4 is 10.9 Å². The topological polar surface area (TPSA) is 84.3 Å². The van der Waals surface area contributed by atoms with Crippen LogP contribution in [0.4, 0.5) is 5.69 Å². The zero-order chi connectivity index (χ0) is 23.5. The van der Waals surface area contributed by atoms with Crippen molar-refractivity contribution < 1.29 is 9.59 Å². The average molecular weight is 461 g/mol. The third-order valence-electron chi connectivity index (χ3n) is 5.42. The number of rotatable bonds is 6. The van der Waals surface area contributed by atoms with Crippen molar-refractivity contribution in [1.29, 1.82) is 0 Å². The van der Waals surface area contributed by atoms with E-state index in [0.717, 1.165) is 27.3 Å². The molecule has 8 heteroatoms. The van der Waals surface area contributed by atoms with Crippen molar-refractivity contribution in [2.24, 2.45) is 0 Å². The number of fused-ring (bicyclic) bond motifs is 1. The van der Waals surface area contributed by atoms with Gasteiger partial charge in [0.1, 0.15) is 11.2 Å². The summed E-state index contributed by atoms with van der Waals surface area (Å²) in [4.78, 5) is 44.8. The first-order valence-corrected chi connectivity index (χ1v) is 11.3. The van der Waals surface area contributed by atoms with Gasteiger partial charge in [0, 0.05) is 17.6 Å². The lowest BCUT2D eigenvalue weighted by atomic mass is 10.1. The molecule has 0 aliphatic heterocycles. The Morgan fingerprint density at radius 1 is 1.06 bits per heavy atom. The minimum atomic E-state index is -0.352. The first-order valence-electron chi connectivity index (χ1n) is 10.5. The molecular formula is C25H24N4O3S. The molecule has 0 fully saturated rings. The van der Waals surface area contributed by atoms with Crippen LogP contribution >= 0.6 is 11.3 Å². The summed E-state index contributed by atoms with van der Waals surface area (Å²) in [5.41, 5.74) is 4.00. The van der Waals surface area contributed by atoms with Crippen LogP contribution in [0.3, 0.4) is 0 Å². The fraction of sp³-hybridized carbons (Fsp3) is 0.200. The average Bonchev–Trinajstić information content (AvgIpc) is 3.24. The van der Waals surface area contributed by atoms with E-state index < -0.39 is 0 Å². The number of carbonyl (C=O) groups is 2. The number of likely N-dealkylation sites (N-methyl/N-ethyl adjacent to an activating group) is 1. The van der Waals surface area contributed by atoms with Gasteiger partial charge in [-0.3, -0.25) is 19.0 Å². The second-order valence-corrected chi connectivity index (χ2v) is 8.99. The van der Waals surface area contributed by atoms with Gasteiger partial charge in [-0.1, -0.05) is 48.5 Å². The van der Waals surface area contributed by atoms with Crippen LogP contribution in [0, 0.1) is 13.8 Å². The number of nitrogens with zero attached hydrogens (tertiary/aromatic N) is 3. The van der Waals surface area contributed by atoms with E-state index in [0.29, 0.717) is 10.2 Å². The molecule has 0 atom stereocenters. The number of thiophene rings is 1. The Labute approximate surface area is 195 Å². The number of anilines is 1. The lowest BCUT2D eigenvalue weighted by Crippen LogP contribution is -2.38. The summed E-state index contributed by atoms with van der Waals surface area (Å²) in [6.07, 6.45) is 1.38. The van der Waals surface area contributed by atoms with E-state index in [4.69, 9.17) is 0 Å². The molecule has 7 nitrogen and oxygen atoms in total. The standard InChI is InChI=1S/C25H24N4O3S/c1-16-8-7-9-17(2)23(16)27-21(30)13-28(3)22(31)14-29-15-26-19-12-20(33-24(19)25(29)32)18-10-5-4-6-11-18/h4-12,15H,13-14H2,1-3H3,(H,27,30). The number of nitrogens with one attached hydrogen (secondary N) is 1. The quantitative estimate of drug-likeness (QED) is 0.474. The predicted molar refractivity (Wildman–Crippen MR) is 131 cm³/mol. The Balaban J connectivity index is 1.46. The minimum Gasteiger partial charge on any atom is -0.335 e. The highest BCUT2D eigenvalue weighted by atomic mass is 32.1. The van der Waals surface area contributed by atoms with Crippen LogP contribution in [0.25, 0.3) is 20.7 Å². The van der Waals surface area contributed by atoms with E-state index in [1.807, 2.05) is 68.4 Å². The number of para-hydroxylation sites is 1. The maximum absolute atomic E-state index is 13.0. The van der Waals surface area contributed by atoms with Gasteiger partial charge in [0.2, 0.25) is 11.8 Å². The zero-order valence-electron chi connectivity index (χ0n) is 18.7. The molecular weight excluding hydrogens is 436 g/mol. The van der Waals surface area contributed by atoms with Gasteiger partial charge in [-0.25, -0.2) is 4.98 Å². The monoisotopic (exact) mass is 460 g/mol. The van der Waals surface area contributed by atoms with Crippen molar-refractivity contribution in [1.82, 2.24) is 14.5 Å². The first kappa shape index (κ1) is 22.4. The highest BCUT2D eigenvalue weighted by molar-refractivity contribution is 7.22. The molecule has 0 unspecified atom stereocenters. The van der Waals surface area contributed by atoms with Gasteiger partial charge in [0.25, 0.3) is 5.56 Å². The maximum Gasteiger partial charge on any atom is 0.271 e. The molecule has 2 aromatic heterocycles. The molecule has 0 saturated heterocycles. The minimum absolute atomic E-state index is 0.117. The van der Waals surface area contributed by atoms with Crippen LogP contribution in [-0.4, -0.2) is 39.9 Å². The predicted octanol–water partition coefficient (Wildman–Crippen LogP) is 3.84. The Morgan fingerprint density at radius 3 is 2.45 bits per heavy atom. The van der Waals surface area contributed by atoms with E-state index in [2.05, 4.69) is 10.3 Å². The van der Waals surface area contributed by atoms with Gasteiger partial charge in [0.05, 0.1) is 18.4 Å². The summed E-state index contributed by atoms with van der Waals surface area (Å²) >= 11 is 1.36. The molecule has 0 aliphatic rings. The summed E-state index contributed by atoms with van der Waals surface area (Å²) in [5, 5.41) is 2.87. The van der Waals surface area contributed by atoms with Crippen molar-refractivity contribution in [2.75, 3.05) is 18.9 Å². The Morgan fingerprint density at radius 2 is 1.76 bits per heavy atom. The normalized spacial score (nSPS) is 10.9. The molecule has 0 spiro atoms. The SMILES string of the molecule is Cc1cccc(C)c1NC(=O)CN(C)C(=O)Cn1cnc2cc(-c3ccccc3)sc2c1=O. The largest absolute Gasteiger partial charge is 0.335 e. The fourth-order valence-electron chi connectivity index (χ4n) is 3.56. The molecule has 2 amide bonds. The summed E-state index contributed by atoms with van der Waals surface area (Å²) in [6.45, 7) is 3.53. The van der Waals surface area contributed by atoms with Crippen LogP contribution in [-0.2, 0) is 16.1 Å². The molecule has 0 bridgehead atoms. The van der Waals surface area contributed by atoms with Crippen molar-refractivity contribution in [3.63, 3.8) is 0 Å². The van der Waals surface area contributed by atoms with Gasteiger partial charge >= 0.3 is 0 Å². The summed E-state index contributed by atoms with van der Waals surface area (Å²) in [6, 6.07) is 17.4. The lowest BCUT2D eigenvalue weighted by molar-refractivity contribution is -0.133. The molecule has 168 valence electrons. The molecule has 0 radical (unpaired) electrons. The Kier molecular flexibility index (Phi) is 6.37. The first-order chi connectivity index (χ1) is 15.8. The number of aryl methyl sites for hydroxylation is 2. The summed E-state index contributed by atoms with van der Waals surface area (Å²) in [7, 11) is 1.54. The van der Waals surface area contributed by atoms with Crippen LogP contribution in [0.2, 0.25) is 0 Å². The van der Waals surface area contributed by atoms with E-state index >= 15 is 0 Å². The van der Waals surface area contributed by atoms with Crippen molar-refractivity contribution in [3.8, 4) is 10.4 Å². The number of benzene rings is 2. The number of aromatic nitrogens is 2. The van der Waals surface area contributed by atoms with Crippen LogP contribution in [0.5, 0.6) is 0 Å². The highest BCUT2D eigenvalue weighted by Gasteiger charge is 2.17. The van der Waals surface area contributed by atoms with E-state index in [9.17, 15) is 14.4 Å². The van der Waals surface area contributed by atoms with Gasteiger partial charge in [-0.05, 0) is 36.6 Å². The van der Waals surface area contributed by atoms with Gasteiger partial charge in [0.15, 0.2) is 0 Å². The van der Waals surface area contributed by atoms with E-state index in [1.165, 1.54) is 27.1 Å². The van der Waals surface area contributed by atoms with Crippen molar-refractivity contribution in [3.05, 3.63) is 82.4 Å². The number of carbonyl (C=O) groups excluding carboxylic acids is 2. The summed E-state index contributed by atoms with van der Waals surface area (Å²) in [5.74, 6) is -0.648. The molecule has 4 rings (SSSR count). The second kappa shape index (κ2) is 9.38. The van der Waals surface area contributed by atoms with E-state index in [1.54, 1.807) is 7.05 Å². The van der Waals surface area contributed by atoms with Crippen molar-refractivity contribution in [2.45, 2.75) is 20.4 Å². The number of hydrogen-bond acceptors (Lipinski definition) is 5. The van der Waals surface area contributed by atoms with Crippen LogP contribution in [0.1, 0.15) is 11.1 Å². The maximum atomic E-state index is 13.0. The molecule has 4 aromatic rings. The summed E-state index contributed by atoms with van der Waals surface area (Å²) < 4.78 is 1.79. The second-order valence-electron chi connectivity index (χ2n) is 7.93. The van der Waals surface area contributed by atoms with Gasteiger partial charge < -0.3 is 10.2 Å². The molecule has 1 N–H and O–H groups in total. The number of amides is 2. The third kappa shape index (κ3) is 4.85. The lowest BCUT2D eigenvalue weighted by Gasteiger charge is -2.18. The fourth-order valence-corrected chi connectivity index (χ4v) is 4.63.